The van der Waals surface area contributed by atoms with Gasteiger partial charge in [-0.25, -0.2) is 3.63 Å². The Hall–Kier alpha value is -0.740. The summed E-state index contributed by atoms with van der Waals surface area (Å²) in [4.78, 5) is 12.2. The topological polar surface area (TPSA) is 69.7 Å². The summed E-state index contributed by atoms with van der Waals surface area (Å²) in [6.45, 7) is 1.27. The zero-order valence-corrected chi connectivity index (χ0v) is 18.5. The number of Topliss-reactive ketones (excluding diaryl/α,β-unsaturated/α-hetero) is 1. The second-order valence-electron chi connectivity index (χ2n) is 7.17. The molecule has 0 unspecified atom stereocenters. The van der Waals surface area contributed by atoms with Crippen LogP contribution in [0.5, 0.6) is 0 Å². The zero-order valence-electron chi connectivity index (χ0n) is 16.8. The molecular weight excluding hydrogens is 507 g/mol. The van der Waals surface area contributed by atoms with Crippen molar-refractivity contribution < 1.29 is 61.1 Å². The maximum absolute atomic E-state index is 14.0. The van der Waals surface area contributed by atoms with Gasteiger partial charge in [0.2, 0.25) is 0 Å². The number of alkyl halides is 9. The lowest BCUT2D eigenvalue weighted by molar-refractivity contribution is -0.382. The van der Waals surface area contributed by atoms with Gasteiger partial charge in [-0.2, -0.15) is 47.9 Å². The first-order valence-electron chi connectivity index (χ1n) is 9.38. The van der Waals surface area contributed by atoms with E-state index in [9.17, 15) is 52.7 Å². The van der Waals surface area contributed by atoms with E-state index in [1.807, 2.05) is 6.92 Å². The highest BCUT2D eigenvalue weighted by molar-refractivity contribution is 8.33. The van der Waals surface area contributed by atoms with E-state index >= 15 is 0 Å². The third-order valence-corrected chi connectivity index (χ3v) is 10.0. The van der Waals surface area contributed by atoms with Crippen LogP contribution in [-0.4, -0.2) is 67.9 Å². The number of unbranched alkanes of at least 4 members (excludes halogenated alkanes) is 3. The lowest BCUT2D eigenvalue weighted by atomic mass is 10.1. The average molecular weight is 530 g/mol. The maximum Gasteiger partial charge on any atom is 0.460 e. The average Bonchev–Trinajstić information content (AvgIpc) is 2.64. The molecule has 0 aromatic carbocycles. The van der Waals surface area contributed by atoms with Gasteiger partial charge in [-0.3, -0.25) is 4.79 Å². The first kappa shape index (κ1) is 29.3. The minimum atomic E-state index is -7.38. The molecule has 32 heavy (non-hydrogen) atoms. The van der Waals surface area contributed by atoms with Crippen LogP contribution in [0.15, 0.2) is 0 Å². The SMILES string of the molecule is CCCCCCC(=O)CS1(OS(=O)(=O)C(F)(F)C(F)(F)C(F)(F)C(F)(F)F)CCOCC1. The molecule has 1 rings (SSSR count). The maximum atomic E-state index is 14.0. The van der Waals surface area contributed by atoms with Crippen LogP contribution in [0.3, 0.4) is 0 Å². The van der Waals surface area contributed by atoms with Crippen molar-refractivity contribution in [1.29, 1.82) is 0 Å². The van der Waals surface area contributed by atoms with Crippen molar-refractivity contribution in [2.45, 2.75) is 62.3 Å². The molecule has 1 saturated heterocycles. The fraction of sp³-hybridized carbons (Fsp3) is 0.938. The molecule has 192 valence electrons. The Balaban J connectivity index is 3.19. The molecule has 0 N–H and O–H groups in total. The standard InChI is InChI=1S/C16H23F9O5S2/c1-2-3-4-5-6-12(26)11-31(9-7-29-8-10-31)30-32(27,28)16(24,25)14(19,20)13(17,18)15(21,22)23/h2-11H2,1H3. The molecule has 1 aliphatic rings. The first-order valence-corrected chi connectivity index (χ1v) is 12.9. The van der Waals surface area contributed by atoms with Crippen LogP contribution >= 0.6 is 10.3 Å². The molecule has 0 aliphatic carbocycles. The van der Waals surface area contributed by atoms with Crippen LogP contribution in [0.1, 0.15) is 39.0 Å². The van der Waals surface area contributed by atoms with E-state index in [4.69, 9.17) is 4.74 Å². The predicted octanol–water partition coefficient (Wildman–Crippen LogP) is 5.05. The van der Waals surface area contributed by atoms with Crippen molar-refractivity contribution in [3.8, 4) is 0 Å². The highest BCUT2D eigenvalue weighted by atomic mass is 32.3. The van der Waals surface area contributed by atoms with Crippen molar-refractivity contribution >= 4 is 26.2 Å². The molecule has 0 saturated carbocycles. The molecular formula is C16H23F9O5S2. The number of hydrogen-bond acceptors (Lipinski definition) is 5. The van der Waals surface area contributed by atoms with Gasteiger partial charge in [0, 0.05) is 17.9 Å². The first-order chi connectivity index (χ1) is 14.4. The van der Waals surface area contributed by atoms with E-state index in [-0.39, 0.29) is 19.6 Å². The van der Waals surface area contributed by atoms with Crippen LogP contribution in [0.25, 0.3) is 0 Å². The minimum absolute atomic E-state index is 0.0995. The van der Waals surface area contributed by atoms with Crippen LogP contribution in [-0.2, 0) is 23.3 Å². The molecule has 0 amide bonds. The molecule has 1 heterocycles. The molecule has 0 aromatic rings. The summed E-state index contributed by atoms with van der Waals surface area (Å²) in [5.74, 6) is -17.1. The van der Waals surface area contributed by atoms with Crippen LogP contribution < -0.4 is 0 Å². The summed E-state index contributed by atoms with van der Waals surface area (Å²) in [7, 11) is -10.5. The van der Waals surface area contributed by atoms with Crippen LogP contribution in [0.2, 0.25) is 0 Å². The fourth-order valence-corrected chi connectivity index (χ4v) is 7.84. The summed E-state index contributed by atoms with van der Waals surface area (Å²) in [6, 6.07) is 0. The number of ketones is 1. The molecule has 1 aliphatic heterocycles. The van der Waals surface area contributed by atoms with Gasteiger partial charge < -0.3 is 4.74 Å². The molecule has 0 radical (unpaired) electrons. The number of rotatable bonds is 12. The number of halogens is 9. The number of carbonyl (C=O) groups is 1. The molecule has 16 heteroatoms. The van der Waals surface area contributed by atoms with Gasteiger partial charge in [0.15, 0.2) is 0 Å². The van der Waals surface area contributed by atoms with E-state index in [1.54, 1.807) is 0 Å². The van der Waals surface area contributed by atoms with Gasteiger partial charge in [0.1, 0.15) is 5.78 Å². The van der Waals surface area contributed by atoms with Crippen molar-refractivity contribution in [3.05, 3.63) is 0 Å². The second kappa shape index (κ2) is 10.3. The third-order valence-electron chi connectivity index (χ3n) is 4.60. The summed E-state index contributed by atoms with van der Waals surface area (Å²) < 4.78 is 151. The monoisotopic (exact) mass is 530 g/mol. The van der Waals surface area contributed by atoms with E-state index < -0.39 is 66.7 Å². The molecule has 0 aromatic heterocycles. The van der Waals surface area contributed by atoms with E-state index in [0.29, 0.717) is 12.8 Å². The molecule has 5 nitrogen and oxygen atoms in total. The van der Waals surface area contributed by atoms with E-state index in [0.717, 1.165) is 12.8 Å². The van der Waals surface area contributed by atoms with Gasteiger partial charge in [-0.15, -0.1) is 10.3 Å². The molecule has 1 fully saturated rings. The van der Waals surface area contributed by atoms with Gasteiger partial charge in [-0.1, -0.05) is 26.2 Å². The minimum Gasteiger partial charge on any atom is -0.380 e. The van der Waals surface area contributed by atoms with Crippen LogP contribution in [0.4, 0.5) is 39.5 Å². The van der Waals surface area contributed by atoms with Gasteiger partial charge in [0.25, 0.3) is 0 Å². The van der Waals surface area contributed by atoms with Crippen molar-refractivity contribution in [2.24, 2.45) is 0 Å². The van der Waals surface area contributed by atoms with Gasteiger partial charge in [-0.05, 0) is 6.42 Å². The third kappa shape index (κ3) is 6.03. The van der Waals surface area contributed by atoms with Crippen molar-refractivity contribution in [1.82, 2.24) is 0 Å². The smallest absolute Gasteiger partial charge is 0.380 e. The lowest BCUT2D eigenvalue weighted by Gasteiger charge is -2.42. The molecule has 0 spiro atoms. The second-order valence-corrected chi connectivity index (χ2v) is 12.2. The Bertz CT molecular complexity index is 747. The summed E-state index contributed by atoms with van der Waals surface area (Å²) >= 11 is 0. The Kier molecular flexibility index (Phi) is 9.39. The highest BCUT2D eigenvalue weighted by Gasteiger charge is 2.86. The zero-order chi connectivity index (χ0) is 25.1. The number of ether oxygens (including phenoxy) is 1. The van der Waals surface area contributed by atoms with Crippen molar-refractivity contribution in [3.63, 3.8) is 0 Å². The number of hydrogen-bond donors (Lipinski definition) is 0. The molecule has 0 atom stereocenters. The Morgan fingerprint density at radius 1 is 0.906 bits per heavy atom. The quantitative estimate of drug-likeness (QED) is 0.261. The van der Waals surface area contributed by atoms with Gasteiger partial charge in [0.05, 0.1) is 19.0 Å². The Morgan fingerprint density at radius 3 is 1.91 bits per heavy atom. The highest BCUT2D eigenvalue weighted by Crippen LogP contribution is 2.59. The Labute approximate surface area is 180 Å². The largest absolute Gasteiger partial charge is 0.460 e. The van der Waals surface area contributed by atoms with Gasteiger partial charge >= 0.3 is 33.4 Å². The lowest BCUT2D eigenvalue weighted by Crippen LogP contribution is -2.63. The normalized spacial score (nSPS) is 19.6. The predicted molar refractivity (Wildman–Crippen MR) is 97.7 cm³/mol. The van der Waals surface area contributed by atoms with Crippen LogP contribution in [0, 0.1) is 0 Å². The van der Waals surface area contributed by atoms with E-state index in [2.05, 4.69) is 3.63 Å². The molecule has 0 bridgehead atoms. The number of carbonyl (C=O) groups excluding carboxylic acids is 1. The van der Waals surface area contributed by atoms with Crippen molar-refractivity contribution in [2.75, 3.05) is 30.5 Å². The van der Waals surface area contributed by atoms with E-state index in [1.165, 1.54) is 0 Å². The summed E-state index contributed by atoms with van der Waals surface area (Å²) in [6.07, 6.45) is -4.67. The summed E-state index contributed by atoms with van der Waals surface area (Å²) in [5, 5.41) is -6.94. The summed E-state index contributed by atoms with van der Waals surface area (Å²) in [5.41, 5.74) is 0. The fourth-order valence-electron chi connectivity index (χ4n) is 2.73. The Morgan fingerprint density at radius 2 is 1.44 bits per heavy atom.